The zero-order chi connectivity index (χ0) is 39.0. The summed E-state index contributed by atoms with van der Waals surface area (Å²) in [7, 11) is -3.89. The third kappa shape index (κ3) is 8.79. The quantitative estimate of drug-likeness (QED) is 0.275. The van der Waals surface area contributed by atoms with Gasteiger partial charge in [-0.3, -0.25) is 19.1 Å². The smallest absolute Gasteiger partial charge is 0.408 e. The van der Waals surface area contributed by atoms with Crippen molar-refractivity contribution in [1.82, 2.24) is 25.2 Å². The standard InChI is InChI=1S/C41H49N5O8S/c1-40(2,3)54-39(50)43-32-19-11-6-4-5-10-17-28-24-41(28,38(49)45-55(51,52)30-20-21-30)44-35(47)34-23-29(25-46(34)37(32)48)53-36-31-18-13-12-16-27(31)22-33(42-36)26-14-8-7-9-15-26/h7-10,12-18,22,28-30,32,34H,4-6,11,19-21,23-25H2,1-3H3,(H,43,50)(H,44,47)(H,45,49)/b17-10-/t28?,29-,32+,34+,41-/m1/s1. The van der Waals surface area contributed by atoms with Crippen LogP contribution in [-0.4, -0.2) is 83.2 Å². The number of rotatable bonds is 7. The predicted molar refractivity (Wildman–Crippen MR) is 206 cm³/mol. The van der Waals surface area contributed by atoms with E-state index in [9.17, 15) is 27.6 Å². The summed E-state index contributed by atoms with van der Waals surface area (Å²) in [5, 5.41) is 6.69. The van der Waals surface area contributed by atoms with Gasteiger partial charge in [0.1, 0.15) is 29.3 Å². The molecule has 3 heterocycles. The highest BCUT2D eigenvalue weighted by Crippen LogP contribution is 2.46. The van der Waals surface area contributed by atoms with Gasteiger partial charge >= 0.3 is 6.09 Å². The number of carbonyl (C=O) groups excluding carboxylic acids is 4. The molecule has 0 radical (unpaired) electrons. The molecule has 4 aliphatic rings. The van der Waals surface area contributed by atoms with Crippen LogP contribution in [0.5, 0.6) is 5.88 Å². The molecule has 3 fully saturated rings. The maximum Gasteiger partial charge on any atom is 0.408 e. The molecule has 5 atom stereocenters. The zero-order valence-electron chi connectivity index (χ0n) is 31.5. The highest BCUT2D eigenvalue weighted by molar-refractivity contribution is 7.91. The fourth-order valence-electron chi connectivity index (χ4n) is 7.47. The highest BCUT2D eigenvalue weighted by atomic mass is 32.2. The second kappa shape index (κ2) is 15.3. The molecule has 1 unspecified atom stereocenters. The Labute approximate surface area is 321 Å². The van der Waals surface area contributed by atoms with Gasteiger partial charge in [0.15, 0.2) is 0 Å². The molecule has 3 aromatic rings. The van der Waals surface area contributed by atoms with E-state index in [1.165, 1.54) is 4.90 Å². The van der Waals surface area contributed by atoms with E-state index in [0.717, 1.165) is 29.2 Å². The lowest BCUT2D eigenvalue weighted by Gasteiger charge is -2.30. The Morgan fingerprint density at radius 1 is 0.982 bits per heavy atom. The Balaban J connectivity index is 1.21. The average molecular weight is 772 g/mol. The van der Waals surface area contributed by atoms with Gasteiger partial charge in [0, 0.05) is 23.3 Å². The molecule has 2 saturated carbocycles. The number of allylic oxidation sites excluding steroid dienone is 1. The molecule has 55 heavy (non-hydrogen) atoms. The van der Waals surface area contributed by atoms with E-state index in [2.05, 4.69) is 15.4 Å². The van der Waals surface area contributed by atoms with Crippen LogP contribution in [0.3, 0.4) is 0 Å². The summed E-state index contributed by atoms with van der Waals surface area (Å²) < 4.78 is 40.1. The Bertz CT molecular complexity index is 2100. The van der Waals surface area contributed by atoms with Gasteiger partial charge in [-0.25, -0.2) is 18.2 Å². The van der Waals surface area contributed by atoms with Crippen LogP contribution in [-0.2, 0) is 29.1 Å². The number of ether oxygens (including phenoxy) is 2. The number of benzene rings is 2. The van der Waals surface area contributed by atoms with Crippen LogP contribution in [0.4, 0.5) is 4.79 Å². The van der Waals surface area contributed by atoms with Crippen molar-refractivity contribution >= 4 is 44.6 Å². The van der Waals surface area contributed by atoms with Crippen molar-refractivity contribution in [3.63, 3.8) is 0 Å². The van der Waals surface area contributed by atoms with Gasteiger partial charge in [0.2, 0.25) is 27.7 Å². The van der Waals surface area contributed by atoms with Crippen molar-refractivity contribution in [2.24, 2.45) is 5.92 Å². The molecular formula is C41H49N5O8S. The molecule has 1 aromatic heterocycles. The van der Waals surface area contributed by atoms with Crippen molar-refractivity contribution in [3.8, 4) is 17.1 Å². The van der Waals surface area contributed by atoms with E-state index < -0.39 is 74.3 Å². The molecule has 2 aromatic carbocycles. The number of amides is 4. The molecule has 14 heteroatoms. The third-order valence-corrected chi connectivity index (χ3v) is 12.4. The van der Waals surface area contributed by atoms with Gasteiger partial charge in [0.25, 0.3) is 5.91 Å². The van der Waals surface area contributed by atoms with E-state index in [-0.39, 0.29) is 19.4 Å². The molecule has 0 bridgehead atoms. The molecule has 13 nitrogen and oxygen atoms in total. The number of fused-ring (bicyclic) bond motifs is 3. The topological polar surface area (TPSA) is 173 Å². The van der Waals surface area contributed by atoms with Crippen LogP contribution in [0.15, 0.2) is 72.8 Å². The minimum atomic E-state index is -3.89. The lowest BCUT2D eigenvalue weighted by molar-refractivity contribution is -0.141. The summed E-state index contributed by atoms with van der Waals surface area (Å²) in [5.41, 5.74) is -0.719. The van der Waals surface area contributed by atoms with Crippen LogP contribution in [0.25, 0.3) is 22.0 Å². The van der Waals surface area contributed by atoms with E-state index in [4.69, 9.17) is 14.5 Å². The predicted octanol–water partition coefficient (Wildman–Crippen LogP) is 5.15. The van der Waals surface area contributed by atoms with Crippen molar-refractivity contribution in [3.05, 3.63) is 72.8 Å². The number of nitrogens with one attached hydrogen (secondary N) is 3. The Hall–Kier alpha value is -4.98. The van der Waals surface area contributed by atoms with E-state index in [0.29, 0.717) is 43.7 Å². The summed E-state index contributed by atoms with van der Waals surface area (Å²) >= 11 is 0. The third-order valence-electron chi connectivity index (χ3n) is 10.6. The summed E-state index contributed by atoms with van der Waals surface area (Å²) in [4.78, 5) is 62.1. The number of alkyl carbamates (subject to hydrolysis) is 1. The Morgan fingerprint density at radius 2 is 1.73 bits per heavy atom. The largest absolute Gasteiger partial charge is 0.472 e. The molecular weight excluding hydrogens is 723 g/mol. The lowest BCUT2D eigenvalue weighted by atomic mass is 10.0. The number of aromatic nitrogens is 1. The molecule has 4 amide bonds. The number of hydrogen-bond acceptors (Lipinski definition) is 9. The zero-order valence-corrected chi connectivity index (χ0v) is 32.3. The Kier molecular flexibility index (Phi) is 10.6. The minimum absolute atomic E-state index is 0.00637. The van der Waals surface area contributed by atoms with Crippen molar-refractivity contribution < 1.29 is 37.1 Å². The highest BCUT2D eigenvalue weighted by Gasteiger charge is 2.62. The van der Waals surface area contributed by atoms with E-state index in [1.54, 1.807) is 20.8 Å². The Morgan fingerprint density at radius 3 is 2.47 bits per heavy atom. The number of sulfonamides is 1. The second-order valence-electron chi connectivity index (χ2n) is 16.1. The summed E-state index contributed by atoms with van der Waals surface area (Å²) in [5.74, 6) is -1.96. The number of hydrogen-bond donors (Lipinski definition) is 3. The second-order valence-corrected chi connectivity index (χ2v) is 18.1. The van der Waals surface area contributed by atoms with Crippen LogP contribution in [0.1, 0.15) is 78.6 Å². The monoisotopic (exact) mass is 771 g/mol. The molecule has 2 aliphatic heterocycles. The van der Waals surface area contributed by atoms with E-state index >= 15 is 0 Å². The van der Waals surface area contributed by atoms with Gasteiger partial charge < -0.3 is 25.0 Å². The van der Waals surface area contributed by atoms with Crippen molar-refractivity contribution in [2.45, 2.75) is 113 Å². The van der Waals surface area contributed by atoms with Gasteiger partial charge in [-0.2, -0.15) is 0 Å². The molecule has 7 rings (SSSR count). The molecule has 3 N–H and O–H groups in total. The molecule has 0 spiro atoms. The summed E-state index contributed by atoms with van der Waals surface area (Å²) in [6, 6.07) is 17.2. The summed E-state index contributed by atoms with van der Waals surface area (Å²) in [6.07, 6.45) is 6.80. The SMILES string of the molecule is CC(C)(C)OC(=O)N[C@H]1CCCCC/C=C\C2C[C@@]2(C(=O)NS(=O)(=O)C2CC2)NC(=O)[C@@H]2C[C@@H](Oc3nc(-c4ccccc4)cc4ccccc34)CN2C1=O. The van der Waals surface area contributed by atoms with Crippen LogP contribution >= 0.6 is 0 Å². The summed E-state index contributed by atoms with van der Waals surface area (Å²) in [6.45, 7) is 5.20. The van der Waals surface area contributed by atoms with Crippen molar-refractivity contribution in [1.29, 1.82) is 0 Å². The molecule has 1 saturated heterocycles. The van der Waals surface area contributed by atoms with Gasteiger partial charge in [-0.15, -0.1) is 0 Å². The normalized spacial score (nSPS) is 26.7. The average Bonchev–Trinajstić information content (AvgIpc) is 4.07. The number of nitrogens with zero attached hydrogens (tertiary/aromatic N) is 2. The first-order valence-electron chi connectivity index (χ1n) is 19.2. The first-order chi connectivity index (χ1) is 26.2. The van der Waals surface area contributed by atoms with Gasteiger partial charge in [-0.05, 0) is 76.8 Å². The lowest BCUT2D eigenvalue weighted by Crippen LogP contribution is -2.58. The van der Waals surface area contributed by atoms with Crippen LogP contribution < -0.4 is 20.1 Å². The fraction of sp³-hybridized carbons (Fsp3) is 0.488. The van der Waals surface area contributed by atoms with Gasteiger partial charge in [0.05, 0.1) is 17.5 Å². The minimum Gasteiger partial charge on any atom is -0.472 e. The van der Waals surface area contributed by atoms with Gasteiger partial charge in [-0.1, -0.05) is 73.5 Å². The van der Waals surface area contributed by atoms with E-state index in [1.807, 2.05) is 72.8 Å². The fourth-order valence-corrected chi connectivity index (χ4v) is 8.83. The van der Waals surface area contributed by atoms with Crippen LogP contribution in [0.2, 0.25) is 0 Å². The molecule has 292 valence electrons. The first-order valence-corrected chi connectivity index (χ1v) is 20.7. The number of carbonyl (C=O) groups is 4. The molecule has 2 aliphatic carbocycles. The maximum absolute atomic E-state index is 14.6. The number of pyridine rings is 1. The maximum atomic E-state index is 14.6. The van der Waals surface area contributed by atoms with Crippen molar-refractivity contribution in [2.75, 3.05) is 6.54 Å². The first kappa shape index (κ1) is 38.3. The van der Waals surface area contributed by atoms with Crippen LogP contribution in [0, 0.1) is 5.92 Å².